The number of amides is 1. The molecule has 1 fully saturated rings. The lowest BCUT2D eigenvalue weighted by Gasteiger charge is -2.29. The van der Waals surface area contributed by atoms with Crippen molar-refractivity contribution in [3.63, 3.8) is 0 Å². The predicted molar refractivity (Wildman–Crippen MR) is 99.6 cm³/mol. The number of carbonyl (C=O) groups excluding carboxylic acids is 1. The van der Waals surface area contributed by atoms with Gasteiger partial charge in [0.25, 0.3) is 5.91 Å². The summed E-state index contributed by atoms with van der Waals surface area (Å²) in [7, 11) is 0. The van der Waals surface area contributed by atoms with Crippen molar-refractivity contribution in [2.45, 2.75) is 40.0 Å². The minimum absolute atomic E-state index is 0.162. The molecule has 2 rings (SSSR count). The Hall–Kier alpha value is -0.100. The molecule has 0 spiro atoms. The van der Waals surface area contributed by atoms with Gasteiger partial charge in [-0.1, -0.05) is 20.8 Å². The number of hydrogen-bond acceptors (Lipinski definition) is 1. The first-order chi connectivity index (χ1) is 9.79. The topological polar surface area (TPSA) is 20.3 Å². The van der Waals surface area contributed by atoms with Crippen LogP contribution in [0.4, 0.5) is 0 Å². The standard InChI is InChI=1S/C17H23BrINO/c1-17(2,3)12-5-4-9-20(10-8-12)16(21)14-11-13(19)6-7-15(14)18/h6-7,11-12H,4-5,8-10H2,1-3H3. The number of carbonyl (C=O) groups is 1. The van der Waals surface area contributed by atoms with Gasteiger partial charge < -0.3 is 4.90 Å². The number of rotatable bonds is 1. The smallest absolute Gasteiger partial charge is 0.255 e. The zero-order chi connectivity index (χ0) is 15.6. The third-order valence-electron chi connectivity index (χ3n) is 4.40. The van der Waals surface area contributed by atoms with Crippen LogP contribution in [0.3, 0.4) is 0 Å². The van der Waals surface area contributed by atoms with Crippen LogP contribution in [0, 0.1) is 14.9 Å². The number of nitrogens with zero attached hydrogens (tertiary/aromatic N) is 1. The van der Waals surface area contributed by atoms with Crippen LogP contribution < -0.4 is 0 Å². The monoisotopic (exact) mass is 463 g/mol. The molecular formula is C17H23BrINO. The van der Waals surface area contributed by atoms with E-state index in [1.54, 1.807) is 0 Å². The number of likely N-dealkylation sites (tertiary alicyclic amines) is 1. The SMILES string of the molecule is CC(C)(C)C1CCCN(C(=O)c2cc(I)ccc2Br)CC1. The molecule has 1 atom stereocenters. The fourth-order valence-electron chi connectivity index (χ4n) is 3.00. The molecule has 1 amide bonds. The van der Waals surface area contributed by atoms with Crippen LogP contribution in [-0.2, 0) is 0 Å². The van der Waals surface area contributed by atoms with Crippen LogP contribution in [0.5, 0.6) is 0 Å². The van der Waals surface area contributed by atoms with Crippen LogP contribution in [0.15, 0.2) is 22.7 Å². The molecule has 1 saturated heterocycles. The van der Waals surface area contributed by atoms with Crippen molar-refractivity contribution in [3.8, 4) is 0 Å². The number of benzene rings is 1. The van der Waals surface area contributed by atoms with Crippen molar-refractivity contribution in [3.05, 3.63) is 31.8 Å². The van der Waals surface area contributed by atoms with Gasteiger partial charge in [0, 0.05) is 21.1 Å². The Morgan fingerprint density at radius 3 is 2.67 bits per heavy atom. The quantitative estimate of drug-likeness (QED) is 0.514. The predicted octanol–water partition coefficient (Wildman–Crippen LogP) is 5.34. The van der Waals surface area contributed by atoms with Gasteiger partial charge in [-0.05, 0) is 87.3 Å². The van der Waals surface area contributed by atoms with Crippen LogP contribution in [-0.4, -0.2) is 23.9 Å². The molecule has 0 N–H and O–H groups in total. The van der Waals surface area contributed by atoms with E-state index in [9.17, 15) is 4.79 Å². The Balaban J connectivity index is 2.12. The molecule has 1 aromatic carbocycles. The minimum atomic E-state index is 0.162. The number of hydrogen-bond donors (Lipinski definition) is 0. The van der Waals surface area contributed by atoms with E-state index in [4.69, 9.17) is 0 Å². The molecule has 0 aliphatic carbocycles. The summed E-state index contributed by atoms with van der Waals surface area (Å²) in [5.74, 6) is 0.865. The molecule has 1 heterocycles. The van der Waals surface area contributed by atoms with Crippen LogP contribution >= 0.6 is 38.5 Å². The Morgan fingerprint density at radius 2 is 2.00 bits per heavy atom. The molecule has 0 radical (unpaired) electrons. The molecule has 1 aromatic rings. The fourth-order valence-corrected chi connectivity index (χ4v) is 3.90. The summed E-state index contributed by atoms with van der Waals surface area (Å²) in [5, 5.41) is 0. The van der Waals surface area contributed by atoms with Crippen LogP contribution in [0.1, 0.15) is 50.4 Å². The number of halogens is 2. The Labute approximate surface area is 149 Å². The second kappa shape index (κ2) is 6.99. The van der Waals surface area contributed by atoms with Gasteiger partial charge >= 0.3 is 0 Å². The van der Waals surface area contributed by atoms with Crippen LogP contribution in [0.2, 0.25) is 0 Å². The lowest BCUT2D eigenvalue weighted by atomic mass is 9.77. The van der Waals surface area contributed by atoms with Crippen molar-refractivity contribution < 1.29 is 4.79 Å². The highest BCUT2D eigenvalue weighted by atomic mass is 127. The van der Waals surface area contributed by atoms with Gasteiger partial charge in [0.15, 0.2) is 0 Å². The van der Waals surface area contributed by atoms with E-state index in [0.717, 1.165) is 39.5 Å². The summed E-state index contributed by atoms with van der Waals surface area (Å²) in [6.07, 6.45) is 3.44. The molecular weight excluding hydrogens is 441 g/mol. The molecule has 0 bridgehead atoms. The van der Waals surface area contributed by atoms with Gasteiger partial charge in [0.05, 0.1) is 5.56 Å². The molecule has 116 valence electrons. The highest BCUT2D eigenvalue weighted by Crippen LogP contribution is 2.34. The highest BCUT2D eigenvalue weighted by molar-refractivity contribution is 14.1. The van der Waals surface area contributed by atoms with Crippen molar-refractivity contribution in [2.24, 2.45) is 11.3 Å². The first-order valence-corrected chi connectivity index (χ1v) is 9.40. The molecule has 4 heteroatoms. The minimum Gasteiger partial charge on any atom is -0.339 e. The first-order valence-electron chi connectivity index (χ1n) is 7.53. The zero-order valence-corrected chi connectivity index (χ0v) is 16.7. The average Bonchev–Trinajstić information content (AvgIpc) is 2.66. The summed E-state index contributed by atoms with van der Waals surface area (Å²) < 4.78 is 1.99. The molecule has 21 heavy (non-hydrogen) atoms. The van der Waals surface area contributed by atoms with Crippen molar-refractivity contribution in [1.29, 1.82) is 0 Å². The van der Waals surface area contributed by atoms with Gasteiger partial charge in [0.1, 0.15) is 0 Å². The summed E-state index contributed by atoms with van der Waals surface area (Å²) in [4.78, 5) is 14.8. The van der Waals surface area contributed by atoms with Gasteiger partial charge in [-0.2, -0.15) is 0 Å². The largest absolute Gasteiger partial charge is 0.339 e. The lowest BCUT2D eigenvalue weighted by molar-refractivity contribution is 0.0754. The van der Waals surface area contributed by atoms with Crippen molar-refractivity contribution >= 4 is 44.4 Å². The van der Waals surface area contributed by atoms with E-state index < -0.39 is 0 Å². The van der Waals surface area contributed by atoms with E-state index in [1.807, 2.05) is 23.1 Å². The normalized spacial score (nSPS) is 20.2. The van der Waals surface area contributed by atoms with Gasteiger partial charge in [-0.3, -0.25) is 4.79 Å². The van der Waals surface area contributed by atoms with Crippen molar-refractivity contribution in [1.82, 2.24) is 4.90 Å². The van der Waals surface area contributed by atoms with E-state index in [2.05, 4.69) is 59.3 Å². The van der Waals surface area contributed by atoms with Crippen LogP contribution in [0.25, 0.3) is 0 Å². The maximum atomic E-state index is 12.8. The summed E-state index contributed by atoms with van der Waals surface area (Å²) in [6, 6.07) is 5.95. The molecule has 1 aliphatic rings. The Kier molecular flexibility index (Phi) is 5.74. The summed E-state index contributed by atoms with van der Waals surface area (Å²) in [6.45, 7) is 8.68. The fraction of sp³-hybridized carbons (Fsp3) is 0.588. The summed E-state index contributed by atoms with van der Waals surface area (Å²) >= 11 is 5.77. The Bertz CT molecular complexity index is 524. The summed E-state index contributed by atoms with van der Waals surface area (Å²) in [5.41, 5.74) is 1.12. The molecule has 2 nitrogen and oxygen atoms in total. The third kappa shape index (κ3) is 4.44. The zero-order valence-electron chi connectivity index (χ0n) is 13.0. The second-order valence-corrected chi connectivity index (χ2v) is 9.01. The first kappa shape index (κ1) is 17.3. The molecule has 0 aromatic heterocycles. The van der Waals surface area contributed by atoms with E-state index in [-0.39, 0.29) is 5.91 Å². The van der Waals surface area contributed by atoms with Gasteiger partial charge in [-0.15, -0.1) is 0 Å². The third-order valence-corrected chi connectivity index (χ3v) is 5.76. The highest BCUT2D eigenvalue weighted by Gasteiger charge is 2.29. The lowest BCUT2D eigenvalue weighted by Crippen LogP contribution is -2.32. The maximum Gasteiger partial charge on any atom is 0.255 e. The maximum absolute atomic E-state index is 12.8. The van der Waals surface area contributed by atoms with E-state index >= 15 is 0 Å². The van der Waals surface area contributed by atoms with E-state index in [0.29, 0.717) is 11.3 Å². The average molecular weight is 464 g/mol. The molecule has 0 saturated carbocycles. The van der Waals surface area contributed by atoms with Gasteiger partial charge in [0.2, 0.25) is 0 Å². The van der Waals surface area contributed by atoms with Crippen molar-refractivity contribution in [2.75, 3.05) is 13.1 Å². The Morgan fingerprint density at radius 1 is 1.29 bits per heavy atom. The van der Waals surface area contributed by atoms with Gasteiger partial charge in [-0.25, -0.2) is 0 Å². The molecule has 1 aliphatic heterocycles. The molecule has 1 unspecified atom stereocenters. The van der Waals surface area contributed by atoms with E-state index in [1.165, 1.54) is 6.42 Å². The second-order valence-electron chi connectivity index (χ2n) is 6.91.